The lowest BCUT2D eigenvalue weighted by molar-refractivity contribution is 0.240. The molecule has 3 N–H and O–H groups in total. The van der Waals surface area contributed by atoms with Crippen molar-refractivity contribution in [1.82, 2.24) is 10.6 Å². The molecule has 1 aromatic carbocycles. The van der Waals surface area contributed by atoms with Gasteiger partial charge in [0.25, 0.3) is 0 Å². The Morgan fingerprint density at radius 3 is 2.52 bits per heavy atom. The van der Waals surface area contributed by atoms with E-state index in [2.05, 4.69) is 22.9 Å². The Labute approximate surface area is 126 Å². The Balaban J connectivity index is 1.80. The van der Waals surface area contributed by atoms with Crippen molar-refractivity contribution in [3.8, 4) is 5.75 Å². The van der Waals surface area contributed by atoms with Gasteiger partial charge in [-0.2, -0.15) is 0 Å². The summed E-state index contributed by atoms with van der Waals surface area (Å²) in [7, 11) is 1.60. The first-order chi connectivity index (χ1) is 10.2. The number of benzene rings is 1. The van der Waals surface area contributed by atoms with Crippen molar-refractivity contribution in [3.63, 3.8) is 0 Å². The molecule has 0 saturated heterocycles. The van der Waals surface area contributed by atoms with Crippen LogP contribution in [0, 0.1) is 0 Å². The van der Waals surface area contributed by atoms with Crippen LogP contribution in [-0.4, -0.2) is 31.8 Å². The fourth-order valence-electron chi connectivity index (χ4n) is 2.82. The van der Waals surface area contributed by atoms with Crippen molar-refractivity contribution in [2.45, 2.75) is 44.7 Å². The topological polar surface area (TPSA) is 62.4 Å². The molecule has 2 amide bonds. The maximum Gasteiger partial charge on any atom is 0.319 e. The van der Waals surface area contributed by atoms with Crippen molar-refractivity contribution in [2.24, 2.45) is 0 Å². The van der Waals surface area contributed by atoms with Gasteiger partial charge in [-0.15, -0.1) is 0 Å². The first-order valence-corrected chi connectivity index (χ1v) is 7.66. The summed E-state index contributed by atoms with van der Waals surface area (Å²) in [6, 6.07) is 8.12. The quantitative estimate of drug-likeness (QED) is 0.781. The number of urea groups is 1. The first-order valence-electron chi connectivity index (χ1n) is 7.66. The van der Waals surface area contributed by atoms with E-state index in [-0.39, 0.29) is 12.1 Å². The number of hydrogen-bond acceptors (Lipinski definition) is 3. The van der Waals surface area contributed by atoms with Crippen LogP contribution in [-0.2, 0) is 0 Å². The largest absolute Gasteiger partial charge is 0.495 e. The van der Waals surface area contributed by atoms with E-state index >= 15 is 0 Å². The van der Waals surface area contributed by atoms with Crippen LogP contribution >= 0.6 is 0 Å². The summed E-state index contributed by atoms with van der Waals surface area (Å²) in [6.07, 6.45) is 4.29. The van der Waals surface area contributed by atoms with Crippen molar-refractivity contribution < 1.29 is 9.53 Å². The van der Waals surface area contributed by atoms with Crippen molar-refractivity contribution in [1.29, 1.82) is 0 Å². The van der Waals surface area contributed by atoms with Gasteiger partial charge in [-0.3, -0.25) is 0 Å². The first kappa shape index (κ1) is 15.6. The number of ether oxygens (including phenoxy) is 1. The highest BCUT2D eigenvalue weighted by Crippen LogP contribution is 2.23. The lowest BCUT2D eigenvalue weighted by Gasteiger charge is -2.29. The van der Waals surface area contributed by atoms with Gasteiger partial charge in [0.15, 0.2) is 0 Å². The lowest BCUT2D eigenvalue weighted by Crippen LogP contribution is -2.43. The highest BCUT2D eigenvalue weighted by molar-refractivity contribution is 5.91. The second-order valence-electron chi connectivity index (χ2n) is 5.40. The predicted molar refractivity (Wildman–Crippen MR) is 84.9 cm³/mol. The third-order valence-corrected chi connectivity index (χ3v) is 3.91. The molecule has 1 fully saturated rings. The number of anilines is 1. The summed E-state index contributed by atoms with van der Waals surface area (Å²) in [5.74, 6) is 0.670. The highest BCUT2D eigenvalue weighted by Gasteiger charge is 2.21. The molecule has 116 valence electrons. The molecule has 0 radical (unpaired) electrons. The van der Waals surface area contributed by atoms with Gasteiger partial charge in [0.05, 0.1) is 12.8 Å². The maximum atomic E-state index is 12.1. The van der Waals surface area contributed by atoms with Gasteiger partial charge in [0, 0.05) is 12.1 Å². The average Bonchev–Trinajstić information content (AvgIpc) is 2.50. The molecule has 21 heavy (non-hydrogen) atoms. The van der Waals surface area contributed by atoms with Crippen LogP contribution in [0.1, 0.15) is 32.6 Å². The van der Waals surface area contributed by atoms with Crippen molar-refractivity contribution in [3.05, 3.63) is 24.3 Å². The van der Waals surface area contributed by atoms with Gasteiger partial charge in [-0.25, -0.2) is 4.79 Å². The molecule has 0 bridgehead atoms. The van der Waals surface area contributed by atoms with E-state index in [0.717, 1.165) is 32.2 Å². The molecule has 1 aliphatic carbocycles. The summed E-state index contributed by atoms with van der Waals surface area (Å²) in [4.78, 5) is 12.1. The van der Waals surface area contributed by atoms with Crippen LogP contribution in [0.15, 0.2) is 24.3 Å². The summed E-state index contributed by atoms with van der Waals surface area (Å²) < 4.78 is 5.23. The average molecular weight is 291 g/mol. The zero-order chi connectivity index (χ0) is 15.1. The Hall–Kier alpha value is -1.75. The molecule has 1 aromatic rings. The van der Waals surface area contributed by atoms with E-state index in [1.165, 1.54) is 0 Å². The summed E-state index contributed by atoms with van der Waals surface area (Å²) >= 11 is 0. The third-order valence-electron chi connectivity index (χ3n) is 3.91. The van der Waals surface area contributed by atoms with E-state index < -0.39 is 0 Å². The Morgan fingerprint density at radius 2 is 1.86 bits per heavy atom. The number of amides is 2. The monoisotopic (exact) mass is 291 g/mol. The molecule has 0 atom stereocenters. The maximum absolute atomic E-state index is 12.1. The number of carbonyl (C=O) groups is 1. The number of rotatable bonds is 5. The molecule has 2 rings (SSSR count). The summed E-state index contributed by atoms with van der Waals surface area (Å²) in [5.41, 5.74) is 0.693. The molecule has 5 nitrogen and oxygen atoms in total. The Bertz CT molecular complexity index is 457. The van der Waals surface area contributed by atoms with Gasteiger partial charge in [0.2, 0.25) is 0 Å². The molecule has 1 aliphatic rings. The predicted octanol–water partition coefficient (Wildman–Crippen LogP) is 2.74. The highest BCUT2D eigenvalue weighted by atomic mass is 16.5. The zero-order valence-corrected chi connectivity index (χ0v) is 12.8. The van der Waals surface area contributed by atoms with E-state index in [4.69, 9.17) is 4.74 Å². The Morgan fingerprint density at radius 1 is 1.19 bits per heavy atom. The van der Waals surface area contributed by atoms with Crippen LogP contribution in [0.3, 0.4) is 0 Å². The fourth-order valence-corrected chi connectivity index (χ4v) is 2.82. The minimum Gasteiger partial charge on any atom is -0.495 e. The molecule has 0 aliphatic heterocycles. The van der Waals surface area contributed by atoms with Crippen LogP contribution < -0.4 is 20.7 Å². The minimum atomic E-state index is -0.161. The summed E-state index contributed by atoms with van der Waals surface area (Å²) in [5, 5.41) is 9.37. The molecule has 0 unspecified atom stereocenters. The molecule has 5 heteroatoms. The standard InChI is InChI=1S/C16H25N3O2/c1-3-17-12-8-10-13(11-9-12)18-16(20)19-14-6-4-5-7-15(14)21-2/h4-7,12-13,17H,3,8-11H2,1-2H3,(H2,18,19,20). The van der Waals surface area contributed by atoms with Crippen LogP contribution in [0.25, 0.3) is 0 Å². The third kappa shape index (κ3) is 4.63. The fraction of sp³-hybridized carbons (Fsp3) is 0.562. The van der Waals surface area contributed by atoms with E-state index in [1.54, 1.807) is 7.11 Å². The van der Waals surface area contributed by atoms with Gasteiger partial charge in [-0.05, 0) is 44.4 Å². The van der Waals surface area contributed by atoms with E-state index in [1.807, 2.05) is 24.3 Å². The summed E-state index contributed by atoms with van der Waals surface area (Å²) in [6.45, 7) is 3.14. The van der Waals surface area contributed by atoms with Crippen LogP contribution in [0.4, 0.5) is 10.5 Å². The van der Waals surface area contributed by atoms with Gasteiger partial charge in [-0.1, -0.05) is 19.1 Å². The van der Waals surface area contributed by atoms with Crippen molar-refractivity contribution in [2.75, 3.05) is 19.0 Å². The molecule has 1 saturated carbocycles. The smallest absolute Gasteiger partial charge is 0.319 e. The van der Waals surface area contributed by atoms with Crippen LogP contribution in [0.2, 0.25) is 0 Å². The second kappa shape index (κ2) is 7.88. The SMILES string of the molecule is CCNC1CCC(NC(=O)Nc2ccccc2OC)CC1. The zero-order valence-electron chi connectivity index (χ0n) is 12.8. The number of nitrogens with one attached hydrogen (secondary N) is 3. The molecule has 0 spiro atoms. The molecular formula is C16H25N3O2. The van der Waals surface area contributed by atoms with Crippen molar-refractivity contribution >= 4 is 11.7 Å². The second-order valence-corrected chi connectivity index (χ2v) is 5.40. The van der Waals surface area contributed by atoms with Gasteiger partial charge >= 0.3 is 6.03 Å². The number of hydrogen-bond donors (Lipinski definition) is 3. The number of para-hydroxylation sites is 2. The van der Waals surface area contributed by atoms with E-state index in [9.17, 15) is 4.79 Å². The normalized spacial score (nSPS) is 21.6. The van der Waals surface area contributed by atoms with Crippen LogP contribution in [0.5, 0.6) is 5.75 Å². The van der Waals surface area contributed by atoms with Gasteiger partial charge < -0.3 is 20.7 Å². The van der Waals surface area contributed by atoms with Gasteiger partial charge in [0.1, 0.15) is 5.75 Å². The Kier molecular flexibility index (Phi) is 5.87. The number of methoxy groups -OCH3 is 1. The number of carbonyl (C=O) groups excluding carboxylic acids is 1. The molecule has 0 heterocycles. The lowest BCUT2D eigenvalue weighted by atomic mass is 9.91. The molecule has 0 aromatic heterocycles. The van der Waals surface area contributed by atoms with E-state index in [0.29, 0.717) is 17.5 Å². The molecular weight excluding hydrogens is 266 g/mol. The minimum absolute atomic E-state index is 0.161.